The minimum absolute atomic E-state index is 0.260. The average molecular weight is 432 g/mol. The van der Waals surface area contributed by atoms with Gasteiger partial charge >= 0.3 is 0 Å². The summed E-state index contributed by atoms with van der Waals surface area (Å²) in [6.45, 7) is 4.83. The van der Waals surface area contributed by atoms with Crippen LogP contribution in [0.5, 0.6) is 0 Å². The van der Waals surface area contributed by atoms with Crippen LogP contribution in [0.2, 0.25) is 0 Å². The molecule has 4 heterocycles. The van der Waals surface area contributed by atoms with Crippen LogP contribution in [-0.4, -0.2) is 30.3 Å². The first-order valence-electron chi connectivity index (χ1n) is 10.3. The highest BCUT2D eigenvalue weighted by Gasteiger charge is 2.23. The molecule has 31 heavy (non-hydrogen) atoms. The predicted molar refractivity (Wildman–Crippen MR) is 118 cm³/mol. The van der Waals surface area contributed by atoms with Crippen LogP contribution >= 0.6 is 11.3 Å². The Morgan fingerprint density at radius 2 is 2.19 bits per heavy atom. The number of hydrogen-bond acceptors (Lipinski definition) is 6. The Kier molecular flexibility index (Phi) is 4.79. The highest BCUT2D eigenvalue weighted by Crippen LogP contribution is 2.37. The van der Waals surface area contributed by atoms with Crippen molar-refractivity contribution >= 4 is 27.9 Å². The number of rotatable bonds is 4. The first-order valence-corrected chi connectivity index (χ1v) is 11.2. The van der Waals surface area contributed by atoms with E-state index >= 15 is 0 Å². The third kappa shape index (κ3) is 3.20. The van der Waals surface area contributed by atoms with Crippen molar-refractivity contribution < 1.29 is 4.79 Å². The van der Waals surface area contributed by atoms with Gasteiger partial charge in [-0.1, -0.05) is 0 Å². The second-order valence-electron chi connectivity index (χ2n) is 7.57. The lowest BCUT2D eigenvalue weighted by molar-refractivity contribution is 0.102. The third-order valence-electron chi connectivity index (χ3n) is 5.78. The van der Waals surface area contributed by atoms with Gasteiger partial charge in [0.2, 0.25) is 0 Å². The summed E-state index contributed by atoms with van der Waals surface area (Å²) in [4.78, 5) is 18.6. The maximum absolute atomic E-state index is 13.0. The predicted octanol–water partition coefficient (Wildman–Crippen LogP) is 3.99. The second kappa shape index (κ2) is 7.63. The smallest absolute Gasteiger partial charge is 0.276 e. The van der Waals surface area contributed by atoms with E-state index in [1.54, 1.807) is 16.8 Å². The number of thiophene rings is 1. The fourth-order valence-electron chi connectivity index (χ4n) is 4.17. The van der Waals surface area contributed by atoms with E-state index in [9.17, 15) is 10.1 Å². The van der Waals surface area contributed by atoms with Crippen molar-refractivity contribution in [3.8, 4) is 17.3 Å². The first-order chi connectivity index (χ1) is 15.1. The lowest BCUT2D eigenvalue weighted by Gasteiger charge is -2.09. The molecule has 0 saturated carbocycles. The van der Waals surface area contributed by atoms with E-state index in [1.807, 2.05) is 30.8 Å². The molecular weight excluding hydrogens is 410 g/mol. The molecule has 0 atom stereocenters. The summed E-state index contributed by atoms with van der Waals surface area (Å²) >= 11 is 1.51. The van der Waals surface area contributed by atoms with E-state index in [0.717, 1.165) is 54.7 Å². The number of carbonyl (C=O) groups excluding carboxylic acids is 1. The van der Waals surface area contributed by atoms with Gasteiger partial charge in [-0.2, -0.15) is 15.5 Å². The van der Waals surface area contributed by atoms with Crippen molar-refractivity contribution in [3.63, 3.8) is 0 Å². The maximum atomic E-state index is 13.0. The van der Waals surface area contributed by atoms with Gasteiger partial charge in [0.05, 0.1) is 17.5 Å². The van der Waals surface area contributed by atoms with E-state index < -0.39 is 0 Å². The van der Waals surface area contributed by atoms with Crippen LogP contribution in [0.25, 0.3) is 16.9 Å². The molecule has 1 aliphatic carbocycles. The molecule has 4 aromatic heterocycles. The molecular formula is C22H21N7OS. The van der Waals surface area contributed by atoms with E-state index in [-0.39, 0.29) is 11.6 Å². The molecule has 0 saturated heterocycles. The van der Waals surface area contributed by atoms with Gasteiger partial charge in [-0.3, -0.25) is 9.48 Å². The number of amides is 1. The van der Waals surface area contributed by atoms with Crippen molar-refractivity contribution in [2.24, 2.45) is 0 Å². The summed E-state index contributed by atoms with van der Waals surface area (Å²) in [5, 5.41) is 22.1. The van der Waals surface area contributed by atoms with Crippen LogP contribution in [0.15, 0.2) is 24.5 Å². The zero-order valence-electron chi connectivity index (χ0n) is 17.3. The number of nitrogens with one attached hydrogen (secondary N) is 1. The molecule has 156 valence electrons. The fraction of sp³-hybridized carbons (Fsp3) is 0.318. The normalized spacial score (nSPS) is 13.2. The lowest BCUT2D eigenvalue weighted by atomic mass is 9.96. The van der Waals surface area contributed by atoms with Crippen molar-refractivity contribution in [2.75, 3.05) is 5.32 Å². The minimum atomic E-state index is -0.340. The minimum Gasteiger partial charge on any atom is -0.311 e. The number of aromatic nitrogens is 5. The fourth-order valence-corrected chi connectivity index (χ4v) is 5.40. The Morgan fingerprint density at radius 1 is 1.35 bits per heavy atom. The van der Waals surface area contributed by atoms with Crippen LogP contribution in [0.1, 0.15) is 52.0 Å². The standard InChI is InChI=1S/C22H21N7OS/c1-3-28-13(2)16(12-25-28)18-8-9-24-20-10-17(27-29(18)20)21(30)26-22-15(11-23)14-6-4-5-7-19(14)31-22/h8-10,12H,3-7H2,1-2H3,(H,26,30). The van der Waals surface area contributed by atoms with Crippen molar-refractivity contribution in [1.82, 2.24) is 24.4 Å². The summed E-state index contributed by atoms with van der Waals surface area (Å²) in [7, 11) is 0. The molecule has 0 aliphatic heterocycles. The van der Waals surface area contributed by atoms with E-state index in [4.69, 9.17) is 0 Å². The molecule has 1 aliphatic rings. The van der Waals surface area contributed by atoms with Crippen molar-refractivity contribution in [3.05, 3.63) is 51.9 Å². The Hall–Kier alpha value is -3.51. The molecule has 5 rings (SSSR count). The summed E-state index contributed by atoms with van der Waals surface area (Å²) in [6.07, 6.45) is 7.59. The van der Waals surface area contributed by atoms with Crippen LogP contribution in [0.4, 0.5) is 5.00 Å². The first kappa shape index (κ1) is 19.5. The summed E-state index contributed by atoms with van der Waals surface area (Å²) in [6, 6.07) is 5.81. The Morgan fingerprint density at radius 3 is 2.97 bits per heavy atom. The largest absolute Gasteiger partial charge is 0.311 e. The van der Waals surface area contributed by atoms with Gasteiger partial charge in [0.15, 0.2) is 11.3 Å². The van der Waals surface area contributed by atoms with Crippen molar-refractivity contribution in [2.45, 2.75) is 46.1 Å². The number of nitriles is 1. The molecule has 9 heteroatoms. The molecule has 4 aromatic rings. The Balaban J connectivity index is 1.50. The number of hydrogen-bond donors (Lipinski definition) is 1. The number of nitrogens with zero attached hydrogens (tertiary/aromatic N) is 6. The Bertz CT molecular complexity index is 1350. The van der Waals surface area contributed by atoms with E-state index in [1.165, 1.54) is 16.2 Å². The maximum Gasteiger partial charge on any atom is 0.276 e. The molecule has 0 bridgehead atoms. The second-order valence-corrected chi connectivity index (χ2v) is 8.68. The van der Waals surface area contributed by atoms with Gasteiger partial charge in [-0.25, -0.2) is 9.50 Å². The highest BCUT2D eigenvalue weighted by molar-refractivity contribution is 7.16. The average Bonchev–Trinajstić information content (AvgIpc) is 3.47. The Labute approximate surface area is 183 Å². The monoisotopic (exact) mass is 431 g/mol. The summed E-state index contributed by atoms with van der Waals surface area (Å²) in [5.41, 5.74) is 5.33. The van der Waals surface area contributed by atoms with Crippen LogP contribution in [0, 0.1) is 18.3 Å². The van der Waals surface area contributed by atoms with Gasteiger partial charge in [0, 0.05) is 34.9 Å². The summed E-state index contributed by atoms with van der Waals surface area (Å²) < 4.78 is 3.59. The van der Waals surface area contributed by atoms with Crippen LogP contribution in [0.3, 0.4) is 0 Å². The number of fused-ring (bicyclic) bond motifs is 2. The molecule has 0 radical (unpaired) electrons. The highest BCUT2D eigenvalue weighted by atomic mass is 32.1. The molecule has 1 N–H and O–H groups in total. The number of carbonyl (C=O) groups is 1. The van der Waals surface area contributed by atoms with Crippen LogP contribution < -0.4 is 5.32 Å². The SMILES string of the molecule is CCn1ncc(-c2ccnc3cc(C(=O)Nc4sc5c(c4C#N)CCCC5)nn23)c1C. The number of anilines is 1. The molecule has 8 nitrogen and oxygen atoms in total. The molecule has 0 fully saturated rings. The zero-order chi connectivity index (χ0) is 21.5. The molecule has 1 amide bonds. The van der Waals surface area contributed by atoms with Crippen molar-refractivity contribution in [1.29, 1.82) is 5.26 Å². The third-order valence-corrected chi connectivity index (χ3v) is 6.99. The van der Waals surface area contributed by atoms with Gasteiger partial charge in [-0.15, -0.1) is 11.3 Å². The molecule has 0 spiro atoms. The zero-order valence-corrected chi connectivity index (χ0v) is 18.2. The van der Waals surface area contributed by atoms with Gasteiger partial charge < -0.3 is 5.32 Å². The topological polar surface area (TPSA) is 101 Å². The van der Waals surface area contributed by atoms with E-state index in [0.29, 0.717) is 16.2 Å². The summed E-state index contributed by atoms with van der Waals surface area (Å²) in [5.74, 6) is -0.340. The van der Waals surface area contributed by atoms with E-state index in [2.05, 4.69) is 26.6 Å². The number of aryl methyl sites for hydroxylation is 2. The van der Waals surface area contributed by atoms with Gasteiger partial charge in [-0.05, 0) is 51.2 Å². The van der Waals surface area contributed by atoms with Gasteiger partial charge in [0.25, 0.3) is 5.91 Å². The quantitative estimate of drug-likeness (QED) is 0.527. The molecule has 0 aromatic carbocycles. The van der Waals surface area contributed by atoms with Gasteiger partial charge in [0.1, 0.15) is 11.1 Å². The molecule has 0 unspecified atom stereocenters. The van der Waals surface area contributed by atoms with Crippen LogP contribution in [-0.2, 0) is 19.4 Å². The lowest BCUT2D eigenvalue weighted by Crippen LogP contribution is -2.13.